The largest absolute Gasteiger partial charge is 0.493 e. The topological polar surface area (TPSA) is 88.6 Å². The SMILES string of the molecule is COc1ccc(C2C(C#N)=C(N)N(c3ccc(C)cc3)C3=C2C(=O)CCC3)cc1OC. The Morgan fingerprint density at radius 2 is 1.77 bits per heavy atom. The van der Waals surface area contributed by atoms with E-state index in [9.17, 15) is 10.1 Å². The highest BCUT2D eigenvalue weighted by atomic mass is 16.5. The first-order valence-corrected chi connectivity index (χ1v) is 10.2. The van der Waals surface area contributed by atoms with Gasteiger partial charge in [-0.1, -0.05) is 23.8 Å². The predicted octanol–water partition coefficient (Wildman–Crippen LogP) is 4.32. The molecule has 1 heterocycles. The van der Waals surface area contributed by atoms with Crippen LogP contribution in [-0.2, 0) is 4.79 Å². The molecule has 0 radical (unpaired) electrons. The van der Waals surface area contributed by atoms with Gasteiger partial charge in [0.25, 0.3) is 0 Å². The Balaban J connectivity index is 1.94. The van der Waals surface area contributed by atoms with E-state index in [1.165, 1.54) is 0 Å². The van der Waals surface area contributed by atoms with Gasteiger partial charge in [-0.25, -0.2) is 0 Å². The molecule has 158 valence electrons. The molecule has 1 unspecified atom stereocenters. The second-order valence-electron chi connectivity index (χ2n) is 7.77. The van der Waals surface area contributed by atoms with Crippen molar-refractivity contribution in [1.29, 1.82) is 5.26 Å². The minimum absolute atomic E-state index is 0.0541. The number of nitrogens with zero attached hydrogens (tertiary/aromatic N) is 2. The first-order valence-electron chi connectivity index (χ1n) is 10.2. The number of rotatable bonds is 4. The number of allylic oxidation sites excluding steroid dienone is 3. The van der Waals surface area contributed by atoms with Crippen molar-refractivity contribution in [1.82, 2.24) is 0 Å². The van der Waals surface area contributed by atoms with Crippen LogP contribution in [0.3, 0.4) is 0 Å². The molecule has 0 spiro atoms. The molecule has 0 bridgehead atoms. The predicted molar refractivity (Wildman–Crippen MR) is 119 cm³/mol. The number of anilines is 1. The normalized spacial score (nSPS) is 18.6. The number of ketones is 1. The highest BCUT2D eigenvalue weighted by Gasteiger charge is 2.40. The fourth-order valence-electron chi connectivity index (χ4n) is 4.44. The van der Waals surface area contributed by atoms with Crippen molar-refractivity contribution in [3.05, 3.63) is 76.3 Å². The second-order valence-corrected chi connectivity index (χ2v) is 7.77. The maximum absolute atomic E-state index is 13.2. The third-order valence-corrected chi connectivity index (χ3v) is 5.95. The van der Waals surface area contributed by atoms with E-state index in [0.29, 0.717) is 34.9 Å². The molecular weight excluding hydrogens is 390 g/mol. The first-order chi connectivity index (χ1) is 15.0. The molecule has 31 heavy (non-hydrogen) atoms. The zero-order valence-corrected chi connectivity index (χ0v) is 17.9. The fraction of sp³-hybridized carbons (Fsp3) is 0.280. The summed E-state index contributed by atoms with van der Waals surface area (Å²) in [5, 5.41) is 10.1. The number of carbonyl (C=O) groups excluding carboxylic acids is 1. The van der Waals surface area contributed by atoms with Crippen molar-refractivity contribution >= 4 is 11.5 Å². The van der Waals surface area contributed by atoms with Crippen LogP contribution in [0.5, 0.6) is 11.5 Å². The van der Waals surface area contributed by atoms with E-state index in [1.807, 2.05) is 48.2 Å². The van der Waals surface area contributed by atoms with Crippen LogP contribution in [0, 0.1) is 18.3 Å². The van der Waals surface area contributed by atoms with Gasteiger partial charge in [0.05, 0.1) is 31.8 Å². The summed E-state index contributed by atoms with van der Waals surface area (Å²) in [6.07, 6.45) is 1.94. The maximum Gasteiger partial charge on any atom is 0.161 e. The number of methoxy groups -OCH3 is 2. The Hall–Kier alpha value is -3.72. The molecule has 0 saturated carbocycles. The summed E-state index contributed by atoms with van der Waals surface area (Å²) in [5.74, 6) is 1.01. The number of Topliss-reactive ketones (excluding diaryl/α,β-unsaturated/α-hetero) is 1. The van der Waals surface area contributed by atoms with Crippen molar-refractivity contribution in [2.75, 3.05) is 19.1 Å². The van der Waals surface area contributed by atoms with Crippen LogP contribution in [-0.4, -0.2) is 20.0 Å². The number of aryl methyl sites for hydroxylation is 1. The number of nitrogens with two attached hydrogens (primary N) is 1. The van der Waals surface area contributed by atoms with Crippen molar-refractivity contribution in [2.45, 2.75) is 32.1 Å². The van der Waals surface area contributed by atoms with Gasteiger partial charge in [0.2, 0.25) is 0 Å². The molecule has 0 saturated heterocycles. The molecule has 0 aromatic heterocycles. The zero-order chi connectivity index (χ0) is 22.1. The minimum atomic E-state index is -0.533. The lowest BCUT2D eigenvalue weighted by Gasteiger charge is -2.39. The summed E-state index contributed by atoms with van der Waals surface area (Å²) < 4.78 is 10.8. The monoisotopic (exact) mass is 415 g/mol. The van der Waals surface area contributed by atoms with Crippen LogP contribution in [0.1, 0.15) is 36.3 Å². The number of ether oxygens (including phenoxy) is 2. The first kappa shape index (κ1) is 20.5. The van der Waals surface area contributed by atoms with E-state index < -0.39 is 5.92 Å². The molecule has 2 N–H and O–H groups in total. The average molecular weight is 415 g/mol. The van der Waals surface area contributed by atoms with Gasteiger partial charge in [0.1, 0.15) is 5.82 Å². The zero-order valence-electron chi connectivity index (χ0n) is 17.9. The molecule has 0 fully saturated rings. The number of benzene rings is 2. The Morgan fingerprint density at radius 3 is 2.42 bits per heavy atom. The van der Waals surface area contributed by atoms with Crippen LogP contribution in [0.15, 0.2) is 65.1 Å². The van der Waals surface area contributed by atoms with Crippen LogP contribution >= 0.6 is 0 Å². The van der Waals surface area contributed by atoms with Crippen LogP contribution in [0.25, 0.3) is 0 Å². The van der Waals surface area contributed by atoms with Gasteiger partial charge in [0, 0.05) is 23.4 Å². The van der Waals surface area contributed by atoms with E-state index in [1.54, 1.807) is 20.3 Å². The quantitative estimate of drug-likeness (QED) is 0.800. The Morgan fingerprint density at radius 1 is 1.06 bits per heavy atom. The molecule has 1 aliphatic heterocycles. The summed E-state index contributed by atoms with van der Waals surface area (Å²) in [6, 6.07) is 15.7. The van der Waals surface area contributed by atoms with Crippen molar-refractivity contribution < 1.29 is 14.3 Å². The molecule has 2 aliphatic rings. The van der Waals surface area contributed by atoms with Crippen LogP contribution in [0.2, 0.25) is 0 Å². The van der Waals surface area contributed by atoms with Crippen molar-refractivity contribution in [2.24, 2.45) is 5.73 Å². The molecule has 1 atom stereocenters. The van der Waals surface area contributed by atoms with E-state index in [-0.39, 0.29) is 5.78 Å². The lowest BCUT2D eigenvalue weighted by molar-refractivity contribution is -0.116. The van der Waals surface area contributed by atoms with Gasteiger partial charge < -0.3 is 15.2 Å². The maximum atomic E-state index is 13.2. The standard InChI is InChI=1S/C25H25N3O3/c1-15-7-10-17(11-8-15)28-19-5-4-6-20(29)24(19)23(18(14-26)25(28)27)16-9-12-21(30-2)22(13-16)31-3/h7-13,23H,4-6,27H2,1-3H3. The van der Waals surface area contributed by atoms with E-state index >= 15 is 0 Å². The van der Waals surface area contributed by atoms with Crippen LogP contribution < -0.4 is 20.1 Å². The number of hydrogen-bond donors (Lipinski definition) is 1. The smallest absolute Gasteiger partial charge is 0.161 e. The minimum Gasteiger partial charge on any atom is -0.493 e. The van der Waals surface area contributed by atoms with Gasteiger partial charge in [-0.2, -0.15) is 5.26 Å². The number of hydrogen-bond acceptors (Lipinski definition) is 6. The molecule has 2 aromatic rings. The second kappa shape index (κ2) is 8.19. The molecule has 1 aliphatic carbocycles. The Bertz CT molecular complexity index is 1140. The van der Waals surface area contributed by atoms with E-state index in [0.717, 1.165) is 35.4 Å². The van der Waals surface area contributed by atoms with Gasteiger partial charge in [0.15, 0.2) is 17.3 Å². The number of nitriles is 1. The summed E-state index contributed by atoms with van der Waals surface area (Å²) in [6.45, 7) is 2.02. The lowest BCUT2D eigenvalue weighted by atomic mass is 9.75. The molecule has 4 rings (SSSR count). The third kappa shape index (κ3) is 3.42. The highest BCUT2D eigenvalue weighted by molar-refractivity contribution is 6.01. The van der Waals surface area contributed by atoms with Crippen molar-refractivity contribution in [3.63, 3.8) is 0 Å². The molecule has 2 aromatic carbocycles. The summed E-state index contributed by atoms with van der Waals surface area (Å²) in [5.41, 5.74) is 11.2. The molecular formula is C25H25N3O3. The van der Waals surface area contributed by atoms with Crippen LogP contribution in [0.4, 0.5) is 5.69 Å². The average Bonchev–Trinajstić information content (AvgIpc) is 2.79. The van der Waals surface area contributed by atoms with Gasteiger partial charge in [-0.05, 0) is 49.6 Å². The van der Waals surface area contributed by atoms with Crippen molar-refractivity contribution in [3.8, 4) is 17.6 Å². The lowest BCUT2D eigenvalue weighted by Crippen LogP contribution is -2.38. The summed E-state index contributed by atoms with van der Waals surface area (Å²) in [7, 11) is 3.13. The molecule has 6 nitrogen and oxygen atoms in total. The summed E-state index contributed by atoms with van der Waals surface area (Å²) >= 11 is 0. The third-order valence-electron chi connectivity index (χ3n) is 5.95. The summed E-state index contributed by atoms with van der Waals surface area (Å²) in [4.78, 5) is 15.1. The Labute approximate surface area is 182 Å². The fourth-order valence-corrected chi connectivity index (χ4v) is 4.44. The Kier molecular flexibility index (Phi) is 5.43. The molecule has 6 heteroatoms. The van der Waals surface area contributed by atoms with E-state index in [2.05, 4.69) is 6.07 Å². The van der Waals surface area contributed by atoms with Gasteiger partial charge in [-0.15, -0.1) is 0 Å². The van der Waals surface area contributed by atoms with Gasteiger partial charge >= 0.3 is 0 Å². The molecule has 0 amide bonds. The number of carbonyl (C=O) groups is 1. The highest BCUT2D eigenvalue weighted by Crippen LogP contribution is 2.47. The van der Waals surface area contributed by atoms with Gasteiger partial charge in [-0.3, -0.25) is 9.69 Å². The van der Waals surface area contributed by atoms with E-state index in [4.69, 9.17) is 15.2 Å².